The molecule has 1 fully saturated rings. The maximum absolute atomic E-state index is 14.8. The number of halogens is 2. The molecule has 0 spiro atoms. The molecule has 2 aromatic heterocycles. The van der Waals surface area contributed by atoms with Crippen LogP contribution in [0.25, 0.3) is 22.1 Å². The quantitative estimate of drug-likeness (QED) is 0.232. The summed E-state index contributed by atoms with van der Waals surface area (Å²) in [4.78, 5) is 27.1. The van der Waals surface area contributed by atoms with E-state index >= 15 is 0 Å². The molecular formula is C27H26FIN4O5S. The van der Waals surface area contributed by atoms with Crippen molar-refractivity contribution in [1.29, 1.82) is 0 Å². The Kier molecular flexibility index (Phi) is 7.06. The Bertz CT molecular complexity index is 1880. The number of anilines is 3. The molecule has 2 heterocycles. The van der Waals surface area contributed by atoms with Crippen molar-refractivity contribution in [3.63, 3.8) is 0 Å². The average Bonchev–Trinajstić information content (AvgIpc) is 3.70. The highest BCUT2D eigenvalue weighted by Gasteiger charge is 2.32. The number of rotatable bonds is 7. The zero-order valence-corrected chi connectivity index (χ0v) is 24.6. The number of benzene rings is 2. The maximum atomic E-state index is 14.8. The Morgan fingerprint density at radius 2 is 1.77 bits per heavy atom. The van der Waals surface area contributed by atoms with E-state index in [2.05, 4.69) is 14.8 Å². The molecule has 0 amide bonds. The molecular weight excluding hydrogens is 638 g/mol. The molecule has 39 heavy (non-hydrogen) atoms. The minimum atomic E-state index is -3.80. The first kappa shape index (κ1) is 27.3. The lowest BCUT2D eigenvalue weighted by Gasteiger charge is -2.21. The maximum Gasteiger partial charge on any atom is 0.341 e. The lowest BCUT2D eigenvalue weighted by Crippen LogP contribution is -2.27. The third-order valence-corrected chi connectivity index (χ3v) is 8.65. The molecule has 3 N–H and O–H groups in total. The summed E-state index contributed by atoms with van der Waals surface area (Å²) in [6, 6.07) is 9.67. The van der Waals surface area contributed by atoms with Gasteiger partial charge in [0.15, 0.2) is 5.58 Å². The van der Waals surface area contributed by atoms with Crippen LogP contribution in [0.5, 0.6) is 0 Å². The van der Waals surface area contributed by atoms with Gasteiger partial charge in [-0.25, -0.2) is 13.9 Å². The summed E-state index contributed by atoms with van der Waals surface area (Å²) in [5.41, 5.74) is 2.02. The number of pyridine rings is 1. The first-order valence-corrected chi connectivity index (χ1v) is 14.8. The monoisotopic (exact) mass is 664 g/mol. The van der Waals surface area contributed by atoms with Crippen molar-refractivity contribution in [3.05, 3.63) is 83.4 Å². The summed E-state index contributed by atoms with van der Waals surface area (Å²) >= 11 is 2.00. The van der Waals surface area contributed by atoms with Crippen molar-refractivity contribution in [2.24, 2.45) is 0 Å². The van der Waals surface area contributed by atoms with E-state index in [-0.39, 0.29) is 39.5 Å². The first-order chi connectivity index (χ1) is 18.4. The molecule has 0 aliphatic heterocycles. The number of nitrogens with zero attached hydrogens (tertiary/aromatic N) is 1. The Morgan fingerprint density at radius 1 is 1.05 bits per heavy atom. The molecule has 4 aromatic rings. The molecule has 1 aliphatic rings. The fourth-order valence-corrected chi connectivity index (χ4v) is 5.81. The van der Waals surface area contributed by atoms with Crippen molar-refractivity contribution in [1.82, 2.24) is 9.29 Å². The van der Waals surface area contributed by atoms with Gasteiger partial charge in [-0.2, -0.15) is 8.42 Å². The van der Waals surface area contributed by atoms with Gasteiger partial charge in [-0.1, -0.05) is 12.1 Å². The highest BCUT2D eigenvalue weighted by Crippen LogP contribution is 2.42. The summed E-state index contributed by atoms with van der Waals surface area (Å²) < 4.78 is 52.2. The number of nitrogens with one attached hydrogen (secondary N) is 3. The Morgan fingerprint density at radius 3 is 2.41 bits per heavy atom. The van der Waals surface area contributed by atoms with Gasteiger partial charge in [0.1, 0.15) is 11.2 Å². The van der Waals surface area contributed by atoms with E-state index in [1.165, 1.54) is 20.0 Å². The van der Waals surface area contributed by atoms with Crippen LogP contribution in [-0.4, -0.2) is 20.0 Å². The van der Waals surface area contributed by atoms with Crippen LogP contribution in [0.4, 0.5) is 21.5 Å². The van der Waals surface area contributed by atoms with E-state index in [9.17, 15) is 22.4 Å². The average molecular weight is 664 g/mol. The van der Waals surface area contributed by atoms with Gasteiger partial charge in [0, 0.05) is 27.9 Å². The summed E-state index contributed by atoms with van der Waals surface area (Å²) in [5, 5.41) is 3.11. The molecule has 0 radical (unpaired) electrons. The van der Waals surface area contributed by atoms with E-state index < -0.39 is 21.7 Å². The van der Waals surface area contributed by atoms with Crippen LogP contribution in [0.15, 0.2) is 50.4 Å². The van der Waals surface area contributed by atoms with Crippen molar-refractivity contribution in [2.45, 2.75) is 39.7 Å². The molecule has 5 rings (SSSR count). The van der Waals surface area contributed by atoms with E-state index in [1.54, 1.807) is 48.7 Å². The predicted molar refractivity (Wildman–Crippen MR) is 159 cm³/mol. The second-order valence-corrected chi connectivity index (χ2v) is 12.4. The lowest BCUT2D eigenvalue weighted by molar-refractivity contribution is 0.552. The third kappa shape index (κ3) is 4.96. The van der Waals surface area contributed by atoms with Crippen molar-refractivity contribution < 1.29 is 17.2 Å². The molecule has 0 unspecified atom stereocenters. The van der Waals surface area contributed by atoms with E-state index in [0.29, 0.717) is 31.6 Å². The van der Waals surface area contributed by atoms with Gasteiger partial charge in [0.25, 0.3) is 15.8 Å². The van der Waals surface area contributed by atoms with Crippen LogP contribution in [0.1, 0.15) is 35.7 Å². The van der Waals surface area contributed by atoms with Gasteiger partial charge in [0.2, 0.25) is 0 Å². The second kappa shape index (κ2) is 10.1. The number of hydrogen-bond donors (Lipinski definition) is 3. The van der Waals surface area contributed by atoms with Gasteiger partial charge >= 0.3 is 5.63 Å². The van der Waals surface area contributed by atoms with E-state index in [1.807, 2.05) is 22.6 Å². The lowest BCUT2D eigenvalue weighted by atomic mass is 9.95. The van der Waals surface area contributed by atoms with Crippen LogP contribution >= 0.6 is 22.6 Å². The van der Waals surface area contributed by atoms with Crippen LogP contribution < -0.4 is 25.9 Å². The zero-order valence-electron chi connectivity index (χ0n) is 21.6. The molecule has 204 valence electrons. The molecule has 9 nitrogen and oxygen atoms in total. The van der Waals surface area contributed by atoms with Crippen LogP contribution in [0.2, 0.25) is 0 Å². The Balaban J connectivity index is 1.86. The molecule has 0 atom stereocenters. The second-order valence-electron chi connectivity index (χ2n) is 9.50. The Hall–Kier alpha value is -3.23. The largest absolute Gasteiger partial charge is 0.421 e. The fraction of sp³-hybridized carbons (Fsp3) is 0.259. The zero-order chi connectivity index (χ0) is 28.2. The minimum absolute atomic E-state index is 0.0259. The molecule has 0 bridgehead atoms. The standard InChI is InChI=1S/C27H26FIN4O5S/c1-13-18(6-5-7-20(13)32-39(36,37)30-4)22-15(3)33(17-9-10-17)26(34)23-24(14(2)27(35)38-25(22)23)31-21-11-8-16(29)12-19(21)28/h5-8,11-12,17,30-32H,9-10H2,1-4H3. The van der Waals surface area contributed by atoms with Gasteiger partial charge in [0.05, 0.1) is 22.6 Å². The smallest absolute Gasteiger partial charge is 0.341 e. The van der Waals surface area contributed by atoms with E-state index in [4.69, 9.17) is 4.42 Å². The topological polar surface area (TPSA) is 122 Å². The molecule has 0 saturated heterocycles. The molecule has 2 aromatic carbocycles. The number of hydrogen-bond acceptors (Lipinski definition) is 6. The normalized spacial score (nSPS) is 13.6. The van der Waals surface area contributed by atoms with Gasteiger partial charge in [-0.15, -0.1) is 0 Å². The molecule has 1 saturated carbocycles. The van der Waals surface area contributed by atoms with Crippen molar-refractivity contribution >= 4 is 60.8 Å². The number of aromatic nitrogens is 1. The first-order valence-electron chi connectivity index (χ1n) is 12.2. The number of fused-ring (bicyclic) bond motifs is 1. The van der Waals surface area contributed by atoms with E-state index in [0.717, 1.165) is 12.8 Å². The SMILES string of the molecule is CNS(=O)(=O)Nc1cccc(-c2c(C)n(C3CC3)c(=O)c3c(Nc4ccc(I)cc4F)c(C)c(=O)oc23)c1C. The molecule has 12 heteroatoms. The minimum Gasteiger partial charge on any atom is -0.421 e. The molecule has 1 aliphatic carbocycles. The van der Waals surface area contributed by atoms with Crippen LogP contribution in [0, 0.1) is 30.2 Å². The Labute approximate surface area is 237 Å². The van der Waals surface area contributed by atoms with Crippen LogP contribution in [-0.2, 0) is 10.2 Å². The van der Waals surface area contributed by atoms with Crippen molar-refractivity contribution in [2.75, 3.05) is 17.1 Å². The summed E-state index contributed by atoms with van der Waals surface area (Å²) in [6.07, 6.45) is 1.63. The van der Waals surface area contributed by atoms with Crippen LogP contribution in [0.3, 0.4) is 0 Å². The van der Waals surface area contributed by atoms with Crippen molar-refractivity contribution in [3.8, 4) is 11.1 Å². The van der Waals surface area contributed by atoms with Gasteiger partial charge in [-0.3, -0.25) is 9.52 Å². The fourth-order valence-electron chi connectivity index (χ4n) is 4.75. The predicted octanol–water partition coefficient (Wildman–Crippen LogP) is 5.25. The highest BCUT2D eigenvalue weighted by atomic mass is 127. The highest BCUT2D eigenvalue weighted by molar-refractivity contribution is 14.1. The van der Waals surface area contributed by atoms with Gasteiger partial charge in [-0.05, 0) is 91.6 Å². The summed E-state index contributed by atoms with van der Waals surface area (Å²) in [5.74, 6) is -0.530. The third-order valence-electron chi connectivity index (χ3n) is 6.95. The van der Waals surface area contributed by atoms with Gasteiger partial charge < -0.3 is 14.3 Å². The summed E-state index contributed by atoms with van der Waals surface area (Å²) in [6.45, 7) is 5.05. The summed E-state index contributed by atoms with van der Waals surface area (Å²) in [7, 11) is -2.50.